The summed E-state index contributed by atoms with van der Waals surface area (Å²) in [6.07, 6.45) is 6.38. The van der Waals surface area contributed by atoms with Crippen molar-refractivity contribution in [1.29, 1.82) is 0 Å². The van der Waals surface area contributed by atoms with Crippen LogP contribution in [0.25, 0.3) is 0 Å². The summed E-state index contributed by atoms with van der Waals surface area (Å²) in [7, 11) is 0. The third kappa shape index (κ3) is 2.98. The molecule has 1 aromatic rings. The highest BCUT2D eigenvalue weighted by molar-refractivity contribution is 4.99. The van der Waals surface area contributed by atoms with Crippen LogP contribution in [0.1, 0.15) is 50.7 Å². The molecule has 1 atom stereocenters. The molecule has 1 unspecified atom stereocenters. The predicted octanol–water partition coefficient (Wildman–Crippen LogP) is 1.35. The molecule has 0 amide bonds. The summed E-state index contributed by atoms with van der Waals surface area (Å²) in [5.41, 5.74) is -0.487. The quantitative estimate of drug-likeness (QED) is 0.876. The van der Waals surface area contributed by atoms with Crippen molar-refractivity contribution in [3.8, 4) is 0 Å². The average Bonchev–Trinajstić information content (AvgIpc) is 2.70. The van der Waals surface area contributed by atoms with Gasteiger partial charge >= 0.3 is 0 Å². The smallest absolute Gasteiger partial charge is 0.147 e. The Bertz CT molecular complexity index is 441. The van der Waals surface area contributed by atoms with Crippen molar-refractivity contribution in [1.82, 2.24) is 19.7 Å². The zero-order valence-electron chi connectivity index (χ0n) is 11.8. The summed E-state index contributed by atoms with van der Waals surface area (Å²) in [4.78, 5) is 2.41. The first-order valence-corrected chi connectivity index (χ1v) is 7.50. The van der Waals surface area contributed by atoms with Gasteiger partial charge in [-0.3, -0.25) is 4.90 Å². The normalized spacial score (nSPS) is 28.9. The maximum atomic E-state index is 10.1. The molecule has 2 aliphatic heterocycles. The van der Waals surface area contributed by atoms with Crippen LogP contribution in [-0.4, -0.2) is 43.5 Å². The summed E-state index contributed by atoms with van der Waals surface area (Å²) in [6, 6.07) is 0. The van der Waals surface area contributed by atoms with Gasteiger partial charge < -0.3 is 9.67 Å². The number of aromatic nitrogens is 3. The maximum Gasteiger partial charge on any atom is 0.147 e. The highest BCUT2D eigenvalue weighted by atomic mass is 16.3. The van der Waals surface area contributed by atoms with E-state index in [1.165, 1.54) is 12.8 Å². The van der Waals surface area contributed by atoms with E-state index in [-0.39, 0.29) is 0 Å². The lowest BCUT2D eigenvalue weighted by atomic mass is 9.98. The molecule has 19 heavy (non-hydrogen) atoms. The van der Waals surface area contributed by atoms with Crippen LogP contribution in [0, 0.1) is 0 Å². The number of aliphatic hydroxyl groups is 1. The Morgan fingerprint density at radius 3 is 2.89 bits per heavy atom. The minimum absolute atomic E-state index is 0.487. The summed E-state index contributed by atoms with van der Waals surface area (Å²) in [5.74, 6) is 2.26. The van der Waals surface area contributed by atoms with Gasteiger partial charge in [-0.2, -0.15) is 0 Å². The summed E-state index contributed by atoms with van der Waals surface area (Å²) in [6.45, 7) is 5.91. The SMILES string of the molecule is CC1(O)CCCN(Cc2nnc3n2CCCC3)CC1. The van der Waals surface area contributed by atoms with Crippen LogP contribution in [0.5, 0.6) is 0 Å². The maximum absolute atomic E-state index is 10.1. The van der Waals surface area contributed by atoms with Crippen LogP contribution < -0.4 is 0 Å². The predicted molar refractivity (Wildman–Crippen MR) is 72.7 cm³/mol. The van der Waals surface area contributed by atoms with Crippen LogP contribution in [-0.2, 0) is 19.5 Å². The largest absolute Gasteiger partial charge is 0.390 e. The average molecular weight is 264 g/mol. The van der Waals surface area contributed by atoms with Gasteiger partial charge in [0, 0.05) is 19.5 Å². The molecule has 3 rings (SSSR count). The molecule has 0 saturated carbocycles. The van der Waals surface area contributed by atoms with Gasteiger partial charge in [-0.1, -0.05) is 0 Å². The molecule has 5 nitrogen and oxygen atoms in total. The van der Waals surface area contributed by atoms with Gasteiger partial charge in [-0.05, 0) is 45.6 Å². The van der Waals surface area contributed by atoms with Crippen LogP contribution in [0.15, 0.2) is 0 Å². The molecule has 106 valence electrons. The third-order valence-electron chi connectivity index (χ3n) is 4.46. The van der Waals surface area contributed by atoms with E-state index in [0.29, 0.717) is 0 Å². The Morgan fingerprint density at radius 1 is 1.11 bits per heavy atom. The van der Waals surface area contributed by atoms with E-state index in [1.54, 1.807) is 0 Å². The number of hydrogen-bond donors (Lipinski definition) is 1. The van der Waals surface area contributed by atoms with E-state index in [2.05, 4.69) is 19.7 Å². The molecule has 0 aromatic carbocycles. The van der Waals surface area contributed by atoms with Crippen molar-refractivity contribution < 1.29 is 5.11 Å². The lowest BCUT2D eigenvalue weighted by Crippen LogP contribution is -2.29. The number of hydrogen-bond acceptors (Lipinski definition) is 4. The molecule has 3 heterocycles. The first-order valence-electron chi connectivity index (χ1n) is 7.50. The number of nitrogens with zero attached hydrogens (tertiary/aromatic N) is 4. The topological polar surface area (TPSA) is 54.2 Å². The zero-order chi connectivity index (χ0) is 13.3. The minimum Gasteiger partial charge on any atom is -0.390 e. The lowest BCUT2D eigenvalue weighted by Gasteiger charge is -2.23. The van der Waals surface area contributed by atoms with Crippen molar-refractivity contribution in [2.24, 2.45) is 0 Å². The molecular formula is C14H24N4O. The summed E-state index contributed by atoms with van der Waals surface area (Å²) in [5, 5.41) is 18.8. The molecule has 1 aromatic heterocycles. The molecule has 2 aliphatic rings. The van der Waals surface area contributed by atoms with Gasteiger partial charge in [0.2, 0.25) is 0 Å². The molecular weight excluding hydrogens is 240 g/mol. The second kappa shape index (κ2) is 5.21. The fourth-order valence-electron chi connectivity index (χ4n) is 3.16. The van der Waals surface area contributed by atoms with Gasteiger partial charge in [0.25, 0.3) is 0 Å². The Hall–Kier alpha value is -0.940. The summed E-state index contributed by atoms with van der Waals surface area (Å²) < 4.78 is 2.30. The highest BCUT2D eigenvalue weighted by Gasteiger charge is 2.26. The minimum atomic E-state index is -0.487. The number of likely N-dealkylation sites (tertiary alicyclic amines) is 1. The van der Waals surface area contributed by atoms with E-state index in [0.717, 1.165) is 63.5 Å². The third-order valence-corrected chi connectivity index (χ3v) is 4.46. The number of aryl methyl sites for hydroxylation is 1. The first kappa shape index (κ1) is 13.1. The Kier molecular flexibility index (Phi) is 3.58. The van der Waals surface area contributed by atoms with E-state index < -0.39 is 5.60 Å². The van der Waals surface area contributed by atoms with Crippen LogP contribution >= 0.6 is 0 Å². The molecule has 0 radical (unpaired) electrons. The Balaban J connectivity index is 1.66. The van der Waals surface area contributed by atoms with Crippen LogP contribution in [0.3, 0.4) is 0 Å². The molecule has 0 spiro atoms. The van der Waals surface area contributed by atoms with E-state index in [4.69, 9.17) is 0 Å². The molecule has 5 heteroatoms. The Labute approximate surface area is 114 Å². The van der Waals surface area contributed by atoms with Crippen molar-refractivity contribution in [3.05, 3.63) is 11.6 Å². The van der Waals surface area contributed by atoms with E-state index in [1.807, 2.05) is 6.92 Å². The molecule has 1 N–H and O–H groups in total. The van der Waals surface area contributed by atoms with Crippen molar-refractivity contribution in [2.45, 2.75) is 64.1 Å². The van der Waals surface area contributed by atoms with Gasteiger partial charge in [0.1, 0.15) is 11.6 Å². The second-order valence-corrected chi connectivity index (χ2v) is 6.27. The standard InChI is InChI=1S/C14H24N4O/c1-14(19)6-4-8-17(10-7-14)11-13-16-15-12-5-2-3-9-18(12)13/h19H,2-11H2,1H3. The number of rotatable bonds is 2. The van der Waals surface area contributed by atoms with Gasteiger partial charge in [-0.25, -0.2) is 0 Å². The van der Waals surface area contributed by atoms with Gasteiger partial charge in [0.05, 0.1) is 12.1 Å². The number of fused-ring (bicyclic) bond motifs is 1. The molecule has 1 saturated heterocycles. The Morgan fingerprint density at radius 2 is 2.00 bits per heavy atom. The fraction of sp³-hybridized carbons (Fsp3) is 0.857. The first-order chi connectivity index (χ1) is 9.14. The van der Waals surface area contributed by atoms with E-state index >= 15 is 0 Å². The summed E-state index contributed by atoms with van der Waals surface area (Å²) >= 11 is 0. The van der Waals surface area contributed by atoms with Crippen LogP contribution in [0.2, 0.25) is 0 Å². The van der Waals surface area contributed by atoms with Crippen LogP contribution in [0.4, 0.5) is 0 Å². The molecule has 0 aliphatic carbocycles. The highest BCUT2D eigenvalue weighted by Crippen LogP contribution is 2.23. The molecule has 0 bridgehead atoms. The molecule has 1 fully saturated rings. The van der Waals surface area contributed by atoms with Crippen molar-refractivity contribution >= 4 is 0 Å². The lowest BCUT2D eigenvalue weighted by molar-refractivity contribution is 0.0443. The van der Waals surface area contributed by atoms with Crippen molar-refractivity contribution in [2.75, 3.05) is 13.1 Å². The zero-order valence-corrected chi connectivity index (χ0v) is 11.8. The van der Waals surface area contributed by atoms with Crippen molar-refractivity contribution in [3.63, 3.8) is 0 Å². The van der Waals surface area contributed by atoms with E-state index in [9.17, 15) is 5.11 Å². The van der Waals surface area contributed by atoms with Gasteiger partial charge in [0.15, 0.2) is 0 Å². The monoisotopic (exact) mass is 264 g/mol. The van der Waals surface area contributed by atoms with Gasteiger partial charge in [-0.15, -0.1) is 10.2 Å². The fourth-order valence-corrected chi connectivity index (χ4v) is 3.16. The second-order valence-electron chi connectivity index (χ2n) is 6.27.